The molecule has 4 heterocycles. The molecule has 0 aromatic heterocycles. The Labute approximate surface area is 432 Å². The van der Waals surface area contributed by atoms with Crippen molar-refractivity contribution in [2.24, 2.45) is 23.7 Å². The molecule has 25 heteroatoms. The molecule has 25 nitrogen and oxygen atoms in total. The zero-order valence-corrected chi connectivity index (χ0v) is 44.8. The van der Waals surface area contributed by atoms with Gasteiger partial charge in [0, 0.05) is 44.4 Å². The SMILES string of the molecule is CC[C@H]1OC(=O)[C@H](C)[C@@H](O[C@H]2C[C@@](C)(OC)[C@@H](OC(=O)[C@H](O)[C@@H](O)[C@H](O[C@@H]3O[C@H](CO)[C@H](O)[C@H](O)[C@H]3O)[C@H](O)CO)[C@H](C)O2)[C@H](C)[C@@H](O[C@@H]2O[C@H](C)C[C@H](NC)[C@H]2O)[C@](C)(OC)C[C@@H](C)C(=O)[C@H](C)[C@@H](O)[C@]1(C)O. The molecule has 27 atom stereocenters. The molecule has 0 amide bonds. The number of esters is 2. The van der Waals surface area contributed by atoms with Gasteiger partial charge < -0.3 is 109 Å². The second-order valence-electron chi connectivity index (χ2n) is 21.4. The Hall–Kier alpha value is -2.19. The number of ether oxygens (including phenoxy) is 10. The number of hydrogen-bond acceptors (Lipinski definition) is 25. The van der Waals surface area contributed by atoms with Gasteiger partial charge in [0.1, 0.15) is 71.9 Å². The molecule has 0 aromatic carbocycles. The minimum absolute atomic E-state index is 0.0288. The Morgan fingerprint density at radius 3 is 1.96 bits per heavy atom. The lowest BCUT2D eigenvalue weighted by atomic mass is 9.74. The van der Waals surface area contributed by atoms with E-state index in [9.17, 15) is 70.6 Å². The van der Waals surface area contributed by atoms with Gasteiger partial charge in [0.2, 0.25) is 0 Å². The van der Waals surface area contributed by atoms with E-state index < -0.39 is 188 Å². The standard InChI is InChI=1S/C49H87NO24/c1-14-29-49(10,64)40(61)22(4)31(54)20(2)16-47(8,65-12)41(74-45-32(55)26(50-11)15-21(3)67-45)23(5)38(24(6)43(62)70-29)71-30-17-48(9,66-13)42(25(7)68-30)73-44(63)36(59)35(58)39(27(53)18-51)72-46-37(60)34(57)33(56)28(19-52)69-46/h20-30,32-42,45-46,50-53,55-61,64H,14-19H2,1-13H3/t20-,21-,22+,23+,24-,25+,26+,27-,28-,29-,30+,32-,33+,34+,35-,36-,37-,38+,39-,40-,41-,42+,45+,46+,47-,48-,49-/m1/s1. The highest BCUT2D eigenvalue weighted by Crippen LogP contribution is 2.42. The van der Waals surface area contributed by atoms with Gasteiger partial charge in [-0.2, -0.15) is 0 Å². The zero-order chi connectivity index (χ0) is 56.1. The van der Waals surface area contributed by atoms with Gasteiger partial charge in [-0.15, -0.1) is 0 Å². The van der Waals surface area contributed by atoms with Crippen LogP contribution in [0.3, 0.4) is 0 Å². The summed E-state index contributed by atoms with van der Waals surface area (Å²) < 4.78 is 60.8. The largest absolute Gasteiger partial charge is 0.459 e. The predicted octanol–water partition coefficient (Wildman–Crippen LogP) is -3.09. The maximum Gasteiger partial charge on any atom is 0.338 e. The van der Waals surface area contributed by atoms with Crippen molar-refractivity contribution >= 4 is 17.7 Å². The zero-order valence-electron chi connectivity index (χ0n) is 44.8. The second-order valence-corrected chi connectivity index (χ2v) is 21.4. The molecule has 0 unspecified atom stereocenters. The molecule has 0 spiro atoms. The fourth-order valence-electron chi connectivity index (χ4n) is 10.9. The van der Waals surface area contributed by atoms with E-state index in [4.69, 9.17) is 47.4 Å². The number of carbonyl (C=O) groups excluding carboxylic acids is 3. The van der Waals surface area contributed by atoms with Crippen LogP contribution in [0.15, 0.2) is 0 Å². The Morgan fingerprint density at radius 1 is 0.797 bits per heavy atom. The molecule has 4 aliphatic rings. The molecular weight excluding hydrogens is 987 g/mol. The van der Waals surface area contributed by atoms with Crippen molar-refractivity contribution in [3.05, 3.63) is 0 Å². The molecule has 0 aromatic rings. The van der Waals surface area contributed by atoms with Crippen molar-refractivity contribution in [2.75, 3.05) is 34.5 Å². The summed E-state index contributed by atoms with van der Waals surface area (Å²) in [5, 5.41) is 121. The average Bonchev–Trinajstić information content (AvgIpc) is 3.37. The number of Topliss-reactive ketones (excluding diaryl/α,β-unsaturated/α-hetero) is 1. The number of methoxy groups -OCH3 is 2. The molecule has 4 saturated heterocycles. The summed E-state index contributed by atoms with van der Waals surface area (Å²) in [6.07, 6.45) is -30.2. The van der Waals surface area contributed by atoms with Crippen molar-refractivity contribution in [1.29, 1.82) is 0 Å². The molecular formula is C49H87NO24. The minimum atomic E-state index is -2.54. The fraction of sp³-hybridized carbons (Fsp3) is 0.939. The van der Waals surface area contributed by atoms with Gasteiger partial charge in [-0.25, -0.2) is 4.79 Å². The van der Waals surface area contributed by atoms with Gasteiger partial charge in [0.15, 0.2) is 31.1 Å². The minimum Gasteiger partial charge on any atom is -0.459 e. The van der Waals surface area contributed by atoms with E-state index in [1.54, 1.807) is 34.7 Å². The summed E-state index contributed by atoms with van der Waals surface area (Å²) in [6.45, 7) is 13.9. The molecule has 0 saturated carbocycles. The van der Waals surface area contributed by atoms with E-state index >= 15 is 0 Å². The summed E-state index contributed by atoms with van der Waals surface area (Å²) in [5.41, 5.74) is -5.08. The highest BCUT2D eigenvalue weighted by Gasteiger charge is 2.56. The number of aliphatic hydroxyl groups is 11. The van der Waals surface area contributed by atoms with Crippen molar-refractivity contribution in [1.82, 2.24) is 5.32 Å². The Bertz CT molecular complexity index is 1800. The molecule has 0 aliphatic carbocycles. The van der Waals surface area contributed by atoms with Crippen LogP contribution in [-0.2, 0) is 61.8 Å². The quantitative estimate of drug-likeness (QED) is 0.0642. The summed E-state index contributed by atoms with van der Waals surface area (Å²) in [7, 11) is 4.40. The highest BCUT2D eigenvalue weighted by atomic mass is 16.7. The third kappa shape index (κ3) is 14.0. The lowest BCUT2D eigenvalue weighted by molar-refractivity contribution is -0.327. The predicted molar refractivity (Wildman–Crippen MR) is 254 cm³/mol. The maximum atomic E-state index is 14.5. The first-order chi connectivity index (χ1) is 34.4. The van der Waals surface area contributed by atoms with Gasteiger partial charge >= 0.3 is 11.9 Å². The van der Waals surface area contributed by atoms with E-state index in [1.165, 1.54) is 48.8 Å². The van der Waals surface area contributed by atoms with Crippen molar-refractivity contribution in [3.63, 3.8) is 0 Å². The molecule has 4 aliphatic heterocycles. The summed E-state index contributed by atoms with van der Waals surface area (Å²) in [6, 6.07) is -0.456. The molecule has 4 fully saturated rings. The van der Waals surface area contributed by atoms with Crippen molar-refractivity contribution in [3.8, 4) is 0 Å². The van der Waals surface area contributed by atoms with Gasteiger partial charge in [0.25, 0.3) is 0 Å². The third-order valence-corrected chi connectivity index (χ3v) is 15.8. The van der Waals surface area contributed by atoms with Crippen LogP contribution in [0.1, 0.15) is 94.9 Å². The number of rotatable bonds is 17. The van der Waals surface area contributed by atoms with Gasteiger partial charge in [-0.3, -0.25) is 9.59 Å². The van der Waals surface area contributed by atoms with E-state index in [2.05, 4.69) is 5.32 Å². The molecule has 74 heavy (non-hydrogen) atoms. The third-order valence-electron chi connectivity index (χ3n) is 15.8. The van der Waals surface area contributed by atoms with Crippen LogP contribution in [0.25, 0.3) is 0 Å². The summed E-state index contributed by atoms with van der Waals surface area (Å²) in [5.74, 6) is -6.93. The average molecular weight is 1070 g/mol. The maximum absolute atomic E-state index is 14.5. The molecule has 4 rings (SSSR count). The lowest BCUT2D eigenvalue weighted by Gasteiger charge is -2.50. The monoisotopic (exact) mass is 1070 g/mol. The van der Waals surface area contributed by atoms with Crippen LogP contribution >= 0.6 is 0 Å². The Balaban J connectivity index is 1.72. The van der Waals surface area contributed by atoms with Gasteiger partial charge in [-0.1, -0.05) is 27.7 Å². The summed E-state index contributed by atoms with van der Waals surface area (Å²) >= 11 is 0. The van der Waals surface area contributed by atoms with Crippen LogP contribution in [0.5, 0.6) is 0 Å². The number of hydrogen-bond donors (Lipinski definition) is 12. The highest BCUT2D eigenvalue weighted by molar-refractivity contribution is 5.83. The van der Waals surface area contributed by atoms with Crippen LogP contribution < -0.4 is 5.32 Å². The first-order valence-corrected chi connectivity index (χ1v) is 25.5. The van der Waals surface area contributed by atoms with E-state index in [-0.39, 0.29) is 25.4 Å². The molecule has 432 valence electrons. The van der Waals surface area contributed by atoms with Crippen molar-refractivity contribution in [2.45, 2.75) is 234 Å². The smallest absolute Gasteiger partial charge is 0.338 e. The lowest BCUT2D eigenvalue weighted by Crippen LogP contribution is -2.62. The van der Waals surface area contributed by atoms with Crippen molar-refractivity contribution < 1.29 is 118 Å². The number of nitrogens with one attached hydrogen (secondary N) is 1. The van der Waals surface area contributed by atoms with E-state index in [0.717, 1.165) is 0 Å². The van der Waals surface area contributed by atoms with Crippen LogP contribution in [0, 0.1) is 23.7 Å². The topological polar surface area (TPSA) is 378 Å². The van der Waals surface area contributed by atoms with Gasteiger partial charge in [0.05, 0.1) is 55.3 Å². The van der Waals surface area contributed by atoms with Crippen LogP contribution in [-0.4, -0.2) is 248 Å². The number of carbonyl (C=O) groups is 3. The Morgan fingerprint density at radius 2 is 1.41 bits per heavy atom. The van der Waals surface area contributed by atoms with E-state index in [1.807, 2.05) is 6.92 Å². The fourth-order valence-corrected chi connectivity index (χ4v) is 10.9. The van der Waals surface area contributed by atoms with Gasteiger partial charge in [-0.05, 0) is 67.9 Å². The van der Waals surface area contributed by atoms with E-state index in [0.29, 0.717) is 6.42 Å². The van der Waals surface area contributed by atoms with Crippen LogP contribution in [0.2, 0.25) is 0 Å². The molecule has 0 bridgehead atoms. The summed E-state index contributed by atoms with van der Waals surface area (Å²) in [4.78, 5) is 42.4. The molecule has 0 radical (unpaired) electrons. The first-order valence-electron chi connectivity index (χ1n) is 25.5. The normalized spacial score (nSPS) is 45.9. The Kier molecular flexibility index (Phi) is 23.2. The number of cyclic esters (lactones) is 1. The molecule has 12 N–H and O–H groups in total. The number of likely N-dealkylation sites (N-methyl/N-ethyl adjacent to an activating group) is 1. The first kappa shape index (κ1) is 64.3. The number of aliphatic hydroxyl groups excluding tert-OH is 10. The second kappa shape index (κ2) is 26.6. The van der Waals surface area contributed by atoms with Crippen LogP contribution in [0.4, 0.5) is 0 Å². The number of ketones is 1.